The van der Waals surface area contributed by atoms with Crippen LogP contribution in [-0.2, 0) is 4.79 Å². The Bertz CT molecular complexity index is 561. The highest BCUT2D eigenvalue weighted by atomic mass is 16.1. The Balaban J connectivity index is 1.95. The number of carbonyl (C=O) groups is 1. The van der Waals surface area contributed by atoms with Gasteiger partial charge in [0.2, 0.25) is 5.91 Å². The van der Waals surface area contributed by atoms with Crippen molar-refractivity contribution in [2.45, 2.75) is 0 Å². The molecule has 1 amide bonds. The number of carbonyl (C=O) groups excluding carboxylic acids is 1. The maximum atomic E-state index is 11.6. The van der Waals surface area contributed by atoms with Gasteiger partial charge in [-0.2, -0.15) is 0 Å². The lowest BCUT2D eigenvalue weighted by Gasteiger charge is -2.07. The van der Waals surface area contributed by atoms with E-state index in [-0.39, 0.29) is 12.5 Å². The first kappa shape index (κ1) is 14.0. The number of hydrogen-bond donors (Lipinski definition) is 2. The zero-order chi connectivity index (χ0) is 14.2. The number of rotatable bonds is 6. The van der Waals surface area contributed by atoms with Crippen molar-refractivity contribution < 1.29 is 4.79 Å². The summed E-state index contributed by atoms with van der Waals surface area (Å²) >= 11 is 0. The molecule has 0 saturated heterocycles. The number of anilines is 1. The minimum absolute atomic E-state index is 0.0562. The van der Waals surface area contributed by atoms with Crippen molar-refractivity contribution in [3.05, 3.63) is 67.3 Å². The topological polar surface area (TPSA) is 41.1 Å². The summed E-state index contributed by atoms with van der Waals surface area (Å²) in [5, 5.41) is 5.81. The SMILES string of the molecule is C=CCNCC(=O)Nc1ccc(-c2ccccc2)cc1. The van der Waals surface area contributed by atoms with E-state index in [1.165, 1.54) is 0 Å². The quantitative estimate of drug-likeness (QED) is 0.623. The van der Waals surface area contributed by atoms with E-state index >= 15 is 0 Å². The highest BCUT2D eigenvalue weighted by molar-refractivity contribution is 5.92. The molecule has 0 aliphatic carbocycles. The molecule has 0 radical (unpaired) electrons. The third-order valence-corrected chi connectivity index (χ3v) is 2.85. The van der Waals surface area contributed by atoms with Crippen LogP contribution in [0.5, 0.6) is 0 Å². The Morgan fingerprint density at radius 3 is 2.30 bits per heavy atom. The normalized spacial score (nSPS) is 10.0. The van der Waals surface area contributed by atoms with Gasteiger partial charge < -0.3 is 10.6 Å². The molecule has 0 fully saturated rings. The lowest BCUT2D eigenvalue weighted by atomic mass is 10.1. The van der Waals surface area contributed by atoms with E-state index in [4.69, 9.17) is 0 Å². The second-order valence-corrected chi connectivity index (χ2v) is 4.41. The van der Waals surface area contributed by atoms with Crippen molar-refractivity contribution >= 4 is 11.6 Å². The van der Waals surface area contributed by atoms with Gasteiger partial charge >= 0.3 is 0 Å². The van der Waals surface area contributed by atoms with Crippen LogP contribution in [0.15, 0.2) is 67.3 Å². The maximum Gasteiger partial charge on any atom is 0.238 e. The van der Waals surface area contributed by atoms with Gasteiger partial charge in [-0.25, -0.2) is 0 Å². The Morgan fingerprint density at radius 2 is 1.65 bits per heavy atom. The van der Waals surface area contributed by atoms with Crippen LogP contribution in [0.2, 0.25) is 0 Å². The summed E-state index contributed by atoms with van der Waals surface area (Å²) < 4.78 is 0. The Hall–Kier alpha value is -2.39. The minimum atomic E-state index is -0.0562. The Kier molecular flexibility index (Phi) is 5.09. The van der Waals surface area contributed by atoms with Crippen molar-refractivity contribution in [1.82, 2.24) is 5.32 Å². The molecule has 0 aliphatic rings. The fourth-order valence-corrected chi connectivity index (χ4v) is 1.87. The largest absolute Gasteiger partial charge is 0.325 e. The van der Waals surface area contributed by atoms with Crippen molar-refractivity contribution in [3.8, 4) is 11.1 Å². The summed E-state index contributed by atoms with van der Waals surface area (Å²) in [6.07, 6.45) is 1.72. The molecular weight excluding hydrogens is 248 g/mol. The van der Waals surface area contributed by atoms with E-state index in [0.717, 1.165) is 16.8 Å². The minimum Gasteiger partial charge on any atom is -0.325 e. The summed E-state index contributed by atoms with van der Waals surface area (Å²) in [4.78, 5) is 11.6. The monoisotopic (exact) mass is 266 g/mol. The number of benzene rings is 2. The summed E-state index contributed by atoms with van der Waals surface area (Å²) in [7, 11) is 0. The highest BCUT2D eigenvalue weighted by Crippen LogP contribution is 2.20. The zero-order valence-electron chi connectivity index (χ0n) is 11.3. The molecule has 0 bridgehead atoms. The van der Waals surface area contributed by atoms with Crippen LogP contribution in [0.25, 0.3) is 11.1 Å². The Morgan fingerprint density at radius 1 is 1.00 bits per heavy atom. The van der Waals surface area contributed by atoms with Gasteiger partial charge in [0.15, 0.2) is 0 Å². The summed E-state index contributed by atoms with van der Waals surface area (Å²) in [6.45, 7) is 4.50. The molecule has 0 unspecified atom stereocenters. The molecule has 0 aromatic heterocycles. The molecule has 0 saturated carbocycles. The van der Waals surface area contributed by atoms with Gasteiger partial charge in [-0.3, -0.25) is 4.79 Å². The first-order valence-corrected chi connectivity index (χ1v) is 6.56. The molecule has 0 aliphatic heterocycles. The van der Waals surface area contributed by atoms with Crippen molar-refractivity contribution in [1.29, 1.82) is 0 Å². The number of amides is 1. The molecule has 20 heavy (non-hydrogen) atoms. The van der Waals surface area contributed by atoms with E-state index in [2.05, 4.69) is 29.3 Å². The second kappa shape index (κ2) is 7.26. The standard InChI is InChI=1S/C17H18N2O/c1-2-12-18-13-17(20)19-16-10-8-15(9-11-16)14-6-4-3-5-7-14/h2-11,18H,1,12-13H2,(H,19,20). The van der Waals surface area contributed by atoms with Crippen LogP contribution in [0.1, 0.15) is 0 Å². The second-order valence-electron chi connectivity index (χ2n) is 4.41. The summed E-state index contributed by atoms with van der Waals surface area (Å²) in [6, 6.07) is 18.0. The molecule has 0 atom stereocenters. The van der Waals surface area contributed by atoms with Crippen LogP contribution >= 0.6 is 0 Å². The van der Waals surface area contributed by atoms with E-state index in [1.54, 1.807) is 6.08 Å². The third-order valence-electron chi connectivity index (χ3n) is 2.85. The molecular formula is C17H18N2O. The van der Waals surface area contributed by atoms with Gasteiger partial charge in [0.25, 0.3) is 0 Å². The average molecular weight is 266 g/mol. The number of nitrogens with one attached hydrogen (secondary N) is 2. The summed E-state index contributed by atoms with van der Waals surface area (Å²) in [5.41, 5.74) is 3.10. The fourth-order valence-electron chi connectivity index (χ4n) is 1.87. The first-order chi connectivity index (χ1) is 9.79. The maximum absolute atomic E-state index is 11.6. The smallest absolute Gasteiger partial charge is 0.238 e. The molecule has 2 aromatic carbocycles. The molecule has 3 heteroatoms. The van der Waals surface area contributed by atoms with Crippen LogP contribution in [0.4, 0.5) is 5.69 Å². The molecule has 2 rings (SSSR count). The van der Waals surface area contributed by atoms with Gasteiger partial charge in [-0.05, 0) is 23.3 Å². The average Bonchev–Trinajstić information content (AvgIpc) is 2.49. The van der Waals surface area contributed by atoms with Gasteiger partial charge in [0.05, 0.1) is 6.54 Å². The van der Waals surface area contributed by atoms with Crippen LogP contribution in [0, 0.1) is 0 Å². The van der Waals surface area contributed by atoms with E-state index in [9.17, 15) is 4.79 Å². The molecule has 3 nitrogen and oxygen atoms in total. The molecule has 102 valence electrons. The van der Waals surface area contributed by atoms with Crippen molar-refractivity contribution in [3.63, 3.8) is 0 Å². The lowest BCUT2D eigenvalue weighted by molar-refractivity contribution is -0.115. The molecule has 2 N–H and O–H groups in total. The predicted octanol–water partition coefficient (Wildman–Crippen LogP) is 3.07. The molecule has 0 heterocycles. The van der Waals surface area contributed by atoms with Crippen LogP contribution in [0.3, 0.4) is 0 Å². The van der Waals surface area contributed by atoms with E-state index < -0.39 is 0 Å². The lowest BCUT2D eigenvalue weighted by Crippen LogP contribution is -2.27. The summed E-state index contributed by atoms with van der Waals surface area (Å²) in [5.74, 6) is -0.0562. The van der Waals surface area contributed by atoms with Crippen LogP contribution < -0.4 is 10.6 Å². The Labute approximate surface area is 119 Å². The highest BCUT2D eigenvalue weighted by Gasteiger charge is 2.02. The van der Waals surface area contributed by atoms with E-state index in [0.29, 0.717) is 6.54 Å². The first-order valence-electron chi connectivity index (χ1n) is 6.56. The third kappa shape index (κ3) is 4.07. The van der Waals surface area contributed by atoms with Gasteiger partial charge in [0.1, 0.15) is 0 Å². The van der Waals surface area contributed by atoms with E-state index in [1.807, 2.05) is 42.5 Å². The van der Waals surface area contributed by atoms with Crippen molar-refractivity contribution in [2.75, 3.05) is 18.4 Å². The zero-order valence-corrected chi connectivity index (χ0v) is 11.3. The number of hydrogen-bond acceptors (Lipinski definition) is 2. The molecule has 2 aromatic rings. The van der Waals surface area contributed by atoms with Gasteiger partial charge in [0, 0.05) is 12.2 Å². The van der Waals surface area contributed by atoms with Crippen molar-refractivity contribution in [2.24, 2.45) is 0 Å². The van der Waals surface area contributed by atoms with Crippen LogP contribution in [-0.4, -0.2) is 19.0 Å². The van der Waals surface area contributed by atoms with Gasteiger partial charge in [-0.1, -0.05) is 48.5 Å². The predicted molar refractivity (Wildman–Crippen MR) is 83.6 cm³/mol. The van der Waals surface area contributed by atoms with Gasteiger partial charge in [-0.15, -0.1) is 6.58 Å². The fraction of sp³-hybridized carbons (Fsp3) is 0.118. The molecule has 0 spiro atoms.